The minimum atomic E-state index is -0.676. The van der Waals surface area contributed by atoms with E-state index in [-0.39, 0.29) is 5.28 Å². The first-order valence-corrected chi connectivity index (χ1v) is 7.48. The number of aliphatic hydroxyl groups is 1. The van der Waals surface area contributed by atoms with Crippen molar-refractivity contribution in [3.05, 3.63) is 5.28 Å². The molecule has 0 aromatic carbocycles. The summed E-state index contributed by atoms with van der Waals surface area (Å²) < 4.78 is 0. The summed E-state index contributed by atoms with van der Waals surface area (Å²) in [5.41, 5.74) is -0.676. The molecule has 1 aromatic rings. The molecule has 1 heterocycles. The van der Waals surface area contributed by atoms with Crippen LogP contribution in [0.4, 0.5) is 11.9 Å². The minimum Gasteiger partial charge on any atom is -0.388 e. The van der Waals surface area contributed by atoms with Crippen LogP contribution >= 0.6 is 11.6 Å². The molecule has 1 saturated carbocycles. The van der Waals surface area contributed by atoms with Crippen LogP contribution in [-0.2, 0) is 0 Å². The van der Waals surface area contributed by atoms with Crippen LogP contribution in [0.25, 0.3) is 0 Å². The molecule has 0 amide bonds. The van der Waals surface area contributed by atoms with Crippen LogP contribution in [0, 0.1) is 5.92 Å². The van der Waals surface area contributed by atoms with Crippen LogP contribution in [0.2, 0.25) is 5.28 Å². The van der Waals surface area contributed by atoms with Crippen LogP contribution in [0.1, 0.15) is 39.0 Å². The first kappa shape index (κ1) is 15.3. The van der Waals surface area contributed by atoms with Crippen molar-refractivity contribution in [3.8, 4) is 0 Å². The smallest absolute Gasteiger partial charge is 0.228 e. The molecule has 0 radical (unpaired) electrons. The molecule has 2 rings (SSSR count). The molecule has 0 bridgehead atoms. The molecule has 1 fully saturated rings. The average molecular weight is 300 g/mol. The van der Waals surface area contributed by atoms with Gasteiger partial charge < -0.3 is 15.7 Å². The predicted molar refractivity (Wildman–Crippen MR) is 80.1 cm³/mol. The van der Waals surface area contributed by atoms with Gasteiger partial charge in [-0.2, -0.15) is 15.0 Å². The normalized spacial score (nSPS) is 26.3. The van der Waals surface area contributed by atoms with Gasteiger partial charge in [-0.15, -0.1) is 0 Å². The van der Waals surface area contributed by atoms with E-state index in [2.05, 4.69) is 32.5 Å². The van der Waals surface area contributed by atoms with Gasteiger partial charge in [-0.05, 0) is 43.2 Å². The van der Waals surface area contributed by atoms with Crippen molar-refractivity contribution in [1.29, 1.82) is 0 Å². The number of nitrogens with one attached hydrogen (secondary N) is 2. The van der Waals surface area contributed by atoms with Crippen molar-refractivity contribution in [2.45, 2.75) is 44.6 Å². The molecule has 0 spiro atoms. The fraction of sp³-hybridized carbons (Fsp3) is 0.769. The SMILES string of the molecule is CCC1CCC(O)(CNc2nc(Cl)nc(NC)n2)CC1. The summed E-state index contributed by atoms with van der Waals surface area (Å²) in [5.74, 6) is 1.55. The number of nitrogens with zero attached hydrogens (tertiary/aromatic N) is 3. The van der Waals surface area contributed by atoms with E-state index in [1.54, 1.807) is 7.05 Å². The van der Waals surface area contributed by atoms with Gasteiger partial charge in [-0.1, -0.05) is 13.3 Å². The van der Waals surface area contributed by atoms with Gasteiger partial charge in [0.2, 0.25) is 17.2 Å². The number of aromatic nitrogens is 3. The van der Waals surface area contributed by atoms with Gasteiger partial charge in [-0.25, -0.2) is 0 Å². The lowest BCUT2D eigenvalue weighted by Crippen LogP contribution is -2.40. The zero-order valence-corrected chi connectivity index (χ0v) is 12.7. The van der Waals surface area contributed by atoms with Gasteiger partial charge in [-0.3, -0.25) is 0 Å². The fourth-order valence-corrected chi connectivity index (χ4v) is 2.74. The Morgan fingerprint density at radius 3 is 2.50 bits per heavy atom. The van der Waals surface area contributed by atoms with Crippen molar-refractivity contribution in [3.63, 3.8) is 0 Å². The fourth-order valence-electron chi connectivity index (χ4n) is 2.58. The highest BCUT2D eigenvalue weighted by Gasteiger charge is 2.32. The minimum absolute atomic E-state index is 0.133. The number of hydrogen-bond donors (Lipinski definition) is 3. The maximum atomic E-state index is 10.6. The summed E-state index contributed by atoms with van der Waals surface area (Å²) in [6.07, 6.45) is 4.98. The third-order valence-corrected chi connectivity index (χ3v) is 4.19. The van der Waals surface area contributed by atoms with Gasteiger partial charge >= 0.3 is 0 Å². The van der Waals surface area contributed by atoms with Gasteiger partial charge in [0.1, 0.15) is 0 Å². The first-order chi connectivity index (χ1) is 9.54. The Balaban J connectivity index is 1.93. The molecule has 0 saturated heterocycles. The quantitative estimate of drug-likeness (QED) is 0.774. The lowest BCUT2D eigenvalue weighted by Gasteiger charge is -2.35. The van der Waals surface area contributed by atoms with Crippen molar-refractivity contribution in [1.82, 2.24) is 15.0 Å². The summed E-state index contributed by atoms with van der Waals surface area (Å²) in [6.45, 7) is 2.65. The molecule has 0 unspecified atom stereocenters. The van der Waals surface area contributed by atoms with Gasteiger partial charge in [0.15, 0.2) is 0 Å². The molecule has 20 heavy (non-hydrogen) atoms. The van der Waals surface area contributed by atoms with E-state index in [9.17, 15) is 5.11 Å². The molecule has 0 aliphatic heterocycles. The van der Waals surface area contributed by atoms with E-state index in [1.807, 2.05) is 0 Å². The predicted octanol–water partition coefficient (Wildman–Crippen LogP) is 2.31. The largest absolute Gasteiger partial charge is 0.388 e. The van der Waals surface area contributed by atoms with Crippen LogP contribution < -0.4 is 10.6 Å². The Morgan fingerprint density at radius 1 is 1.25 bits per heavy atom. The van der Waals surface area contributed by atoms with Crippen LogP contribution in [-0.4, -0.2) is 39.3 Å². The molecule has 0 atom stereocenters. The van der Waals surface area contributed by atoms with E-state index < -0.39 is 5.60 Å². The lowest BCUT2D eigenvalue weighted by atomic mass is 9.78. The molecule has 112 valence electrons. The summed E-state index contributed by atoms with van der Waals surface area (Å²) in [4.78, 5) is 12.1. The number of rotatable bonds is 5. The van der Waals surface area contributed by atoms with Crippen molar-refractivity contribution >= 4 is 23.5 Å². The Labute approximate surface area is 124 Å². The zero-order valence-electron chi connectivity index (χ0n) is 12.0. The molecular formula is C13H22ClN5O. The highest BCUT2D eigenvalue weighted by atomic mass is 35.5. The van der Waals surface area contributed by atoms with Crippen molar-refractivity contribution < 1.29 is 5.11 Å². The van der Waals surface area contributed by atoms with Gasteiger partial charge in [0, 0.05) is 13.6 Å². The van der Waals surface area contributed by atoms with Crippen molar-refractivity contribution in [2.75, 3.05) is 24.2 Å². The van der Waals surface area contributed by atoms with E-state index >= 15 is 0 Å². The molecule has 1 aliphatic carbocycles. The standard InChI is InChI=1S/C13H22ClN5O/c1-3-9-4-6-13(20,7-5-9)8-16-12-18-10(14)17-11(15-2)19-12/h9,20H,3-8H2,1-2H3,(H2,15,16,17,18,19). The maximum Gasteiger partial charge on any atom is 0.228 e. The Kier molecular flexibility index (Phi) is 4.99. The summed E-state index contributed by atoms with van der Waals surface area (Å²) in [7, 11) is 1.72. The molecule has 7 heteroatoms. The monoisotopic (exact) mass is 299 g/mol. The number of halogens is 1. The third kappa shape index (κ3) is 3.93. The van der Waals surface area contributed by atoms with Crippen molar-refractivity contribution in [2.24, 2.45) is 5.92 Å². The highest BCUT2D eigenvalue weighted by molar-refractivity contribution is 6.28. The second kappa shape index (κ2) is 6.54. The second-order valence-corrected chi connectivity index (χ2v) is 5.77. The van der Waals surface area contributed by atoms with Crippen LogP contribution in [0.15, 0.2) is 0 Å². The lowest BCUT2D eigenvalue weighted by molar-refractivity contribution is 0.00216. The summed E-state index contributed by atoms with van der Waals surface area (Å²) in [5, 5.41) is 16.6. The topological polar surface area (TPSA) is 83.0 Å². The average Bonchev–Trinajstić information content (AvgIpc) is 2.45. The van der Waals surface area contributed by atoms with Crippen LogP contribution in [0.5, 0.6) is 0 Å². The summed E-state index contributed by atoms with van der Waals surface area (Å²) >= 11 is 5.82. The van der Waals surface area contributed by atoms with E-state index in [0.29, 0.717) is 18.4 Å². The Hall–Kier alpha value is -1.14. The van der Waals surface area contributed by atoms with Gasteiger partial charge in [0.05, 0.1) is 5.60 Å². The summed E-state index contributed by atoms with van der Waals surface area (Å²) in [6, 6.07) is 0. The molecule has 6 nitrogen and oxygen atoms in total. The number of hydrogen-bond acceptors (Lipinski definition) is 6. The second-order valence-electron chi connectivity index (χ2n) is 5.43. The number of anilines is 2. The van der Waals surface area contributed by atoms with Crippen LogP contribution in [0.3, 0.4) is 0 Å². The third-order valence-electron chi connectivity index (χ3n) is 4.02. The van der Waals surface area contributed by atoms with E-state index in [4.69, 9.17) is 11.6 Å². The molecular weight excluding hydrogens is 278 g/mol. The molecule has 3 N–H and O–H groups in total. The molecule has 1 aromatic heterocycles. The van der Waals surface area contributed by atoms with E-state index in [0.717, 1.165) is 31.6 Å². The maximum absolute atomic E-state index is 10.6. The zero-order chi connectivity index (χ0) is 14.6. The first-order valence-electron chi connectivity index (χ1n) is 7.10. The Bertz CT molecular complexity index is 448. The van der Waals surface area contributed by atoms with E-state index in [1.165, 1.54) is 6.42 Å². The van der Waals surface area contributed by atoms with Gasteiger partial charge in [0.25, 0.3) is 0 Å². The Morgan fingerprint density at radius 2 is 1.90 bits per heavy atom. The molecule has 1 aliphatic rings. The highest BCUT2D eigenvalue weighted by Crippen LogP contribution is 2.33.